The zero-order valence-corrected chi connectivity index (χ0v) is 8.61. The van der Waals surface area contributed by atoms with E-state index in [1.807, 2.05) is 0 Å². The lowest BCUT2D eigenvalue weighted by molar-refractivity contribution is 0.432. The van der Waals surface area contributed by atoms with Gasteiger partial charge in [0, 0.05) is 5.56 Å². The summed E-state index contributed by atoms with van der Waals surface area (Å²) in [6.45, 7) is 0. The molecule has 0 spiro atoms. The van der Waals surface area contributed by atoms with Gasteiger partial charge in [-0.2, -0.15) is 5.26 Å². The number of nitriles is 1. The van der Waals surface area contributed by atoms with E-state index < -0.39 is 17.4 Å². The molecule has 2 nitrogen and oxygen atoms in total. The molecule has 1 N–H and O–H groups in total. The molecule has 2 aromatic rings. The Morgan fingerprint density at radius 2 is 1.88 bits per heavy atom. The number of hydrogen-bond acceptors (Lipinski definition) is 2. The fourth-order valence-corrected chi connectivity index (χ4v) is 1.52. The monoisotopic (exact) mass is 231 g/mol. The van der Waals surface area contributed by atoms with Crippen LogP contribution in [0.2, 0.25) is 0 Å². The first-order valence-electron chi connectivity index (χ1n) is 4.81. The topological polar surface area (TPSA) is 44.0 Å². The highest BCUT2D eigenvalue weighted by Crippen LogP contribution is 2.28. The van der Waals surface area contributed by atoms with Gasteiger partial charge in [-0.15, -0.1) is 0 Å². The Kier molecular flexibility index (Phi) is 2.75. The molecule has 0 aliphatic heterocycles. The van der Waals surface area contributed by atoms with E-state index in [-0.39, 0.29) is 16.7 Å². The summed E-state index contributed by atoms with van der Waals surface area (Å²) >= 11 is 0. The van der Waals surface area contributed by atoms with Crippen LogP contribution in [0, 0.1) is 23.0 Å². The van der Waals surface area contributed by atoms with Crippen LogP contribution in [0.1, 0.15) is 5.56 Å². The van der Waals surface area contributed by atoms with Crippen LogP contribution in [0.3, 0.4) is 0 Å². The normalized spacial score (nSPS) is 9.94. The lowest BCUT2D eigenvalue weighted by atomic mass is 10.0. The van der Waals surface area contributed by atoms with Crippen LogP contribution >= 0.6 is 0 Å². The van der Waals surface area contributed by atoms with E-state index in [9.17, 15) is 8.78 Å². The molecule has 0 heterocycles. The van der Waals surface area contributed by atoms with Crippen molar-refractivity contribution in [1.29, 1.82) is 5.26 Å². The highest BCUT2D eigenvalue weighted by Gasteiger charge is 2.11. The molecule has 17 heavy (non-hydrogen) atoms. The van der Waals surface area contributed by atoms with Crippen molar-refractivity contribution in [3.63, 3.8) is 0 Å². The summed E-state index contributed by atoms with van der Waals surface area (Å²) in [6.07, 6.45) is 0. The Morgan fingerprint density at radius 3 is 2.53 bits per heavy atom. The minimum absolute atomic E-state index is 0.101. The van der Waals surface area contributed by atoms with Crippen LogP contribution in [0.15, 0.2) is 36.4 Å². The fourth-order valence-electron chi connectivity index (χ4n) is 1.52. The van der Waals surface area contributed by atoms with Crippen LogP contribution in [-0.4, -0.2) is 5.11 Å². The van der Waals surface area contributed by atoms with Gasteiger partial charge in [-0.1, -0.05) is 18.2 Å². The second-order valence-electron chi connectivity index (χ2n) is 3.45. The Bertz CT molecular complexity index is 617. The van der Waals surface area contributed by atoms with Gasteiger partial charge in [0.25, 0.3) is 0 Å². The molecule has 0 aromatic heterocycles. The number of nitrogens with zero attached hydrogens (tertiary/aromatic N) is 1. The average molecular weight is 231 g/mol. The second-order valence-corrected chi connectivity index (χ2v) is 3.45. The molecule has 0 saturated carbocycles. The Balaban J connectivity index is 2.61. The summed E-state index contributed by atoms with van der Waals surface area (Å²) in [4.78, 5) is 0. The molecular weight excluding hydrogens is 224 g/mol. The number of aromatic hydroxyl groups is 1. The second kappa shape index (κ2) is 4.22. The average Bonchev–Trinajstić information content (AvgIpc) is 2.33. The quantitative estimate of drug-likeness (QED) is 0.818. The minimum Gasteiger partial charge on any atom is -0.505 e. The van der Waals surface area contributed by atoms with E-state index in [1.54, 1.807) is 6.07 Å². The molecule has 4 heteroatoms. The maximum absolute atomic E-state index is 13.8. The molecule has 0 bridgehead atoms. The number of phenols is 1. The number of hydrogen-bond donors (Lipinski definition) is 1. The first-order chi connectivity index (χ1) is 8.13. The van der Waals surface area contributed by atoms with Gasteiger partial charge in [0.2, 0.25) is 0 Å². The molecule has 0 saturated heterocycles. The third-order valence-electron chi connectivity index (χ3n) is 2.38. The molecule has 0 fully saturated rings. The molecule has 0 atom stereocenters. The number of benzene rings is 2. The summed E-state index contributed by atoms with van der Waals surface area (Å²) < 4.78 is 26.9. The van der Waals surface area contributed by atoms with Gasteiger partial charge < -0.3 is 5.11 Å². The molecular formula is C13H7F2NO. The van der Waals surface area contributed by atoms with Crippen molar-refractivity contribution in [2.75, 3.05) is 0 Å². The number of halogens is 2. The van der Waals surface area contributed by atoms with Crippen LogP contribution < -0.4 is 0 Å². The fraction of sp³-hybridized carbons (Fsp3) is 0. The number of phenolic OH excluding ortho intramolecular Hbond substituents is 1. The lowest BCUT2D eigenvalue weighted by Crippen LogP contribution is -1.89. The summed E-state index contributed by atoms with van der Waals surface area (Å²) in [5.41, 5.74) is 0.300. The van der Waals surface area contributed by atoms with E-state index in [4.69, 9.17) is 10.4 Å². The van der Waals surface area contributed by atoms with E-state index in [0.29, 0.717) is 0 Å². The highest BCUT2D eigenvalue weighted by molar-refractivity contribution is 5.67. The SMILES string of the molecule is N#Cc1cccc(-c2ccc(O)c(F)c2)c1F. The van der Waals surface area contributed by atoms with Crippen LogP contribution in [0.4, 0.5) is 8.78 Å². The lowest BCUT2D eigenvalue weighted by Gasteiger charge is -2.05. The zero-order valence-electron chi connectivity index (χ0n) is 8.61. The van der Waals surface area contributed by atoms with Crippen LogP contribution in [0.25, 0.3) is 11.1 Å². The summed E-state index contributed by atoms with van der Waals surface area (Å²) in [6, 6.07) is 9.57. The smallest absolute Gasteiger partial charge is 0.165 e. The zero-order chi connectivity index (χ0) is 12.4. The predicted molar refractivity (Wildman–Crippen MR) is 58.2 cm³/mol. The van der Waals surface area contributed by atoms with Crippen LogP contribution in [-0.2, 0) is 0 Å². The van der Waals surface area contributed by atoms with Crippen molar-refractivity contribution < 1.29 is 13.9 Å². The van der Waals surface area contributed by atoms with Crippen LogP contribution in [0.5, 0.6) is 5.75 Å². The molecule has 0 unspecified atom stereocenters. The van der Waals surface area contributed by atoms with Gasteiger partial charge in [0.1, 0.15) is 11.9 Å². The summed E-state index contributed by atoms with van der Waals surface area (Å²) in [5.74, 6) is -2.02. The maximum Gasteiger partial charge on any atom is 0.165 e. The van der Waals surface area contributed by atoms with Crippen molar-refractivity contribution in [3.8, 4) is 22.9 Å². The van der Waals surface area contributed by atoms with Gasteiger partial charge in [0.05, 0.1) is 5.56 Å². The molecule has 0 aliphatic rings. The molecule has 0 aliphatic carbocycles. The molecule has 2 rings (SSSR count). The highest BCUT2D eigenvalue weighted by atomic mass is 19.1. The third kappa shape index (κ3) is 1.95. The van der Waals surface area contributed by atoms with E-state index in [1.165, 1.54) is 24.3 Å². The van der Waals surface area contributed by atoms with E-state index >= 15 is 0 Å². The molecule has 84 valence electrons. The number of rotatable bonds is 1. The molecule has 0 radical (unpaired) electrons. The third-order valence-corrected chi connectivity index (χ3v) is 2.38. The first-order valence-corrected chi connectivity index (χ1v) is 4.81. The van der Waals surface area contributed by atoms with Crippen molar-refractivity contribution >= 4 is 0 Å². The van der Waals surface area contributed by atoms with Crippen molar-refractivity contribution in [3.05, 3.63) is 53.6 Å². The van der Waals surface area contributed by atoms with Gasteiger partial charge >= 0.3 is 0 Å². The Hall–Kier alpha value is -2.41. The van der Waals surface area contributed by atoms with E-state index in [2.05, 4.69) is 0 Å². The maximum atomic E-state index is 13.8. The largest absolute Gasteiger partial charge is 0.505 e. The van der Waals surface area contributed by atoms with Gasteiger partial charge in [-0.25, -0.2) is 8.78 Å². The Morgan fingerprint density at radius 1 is 1.12 bits per heavy atom. The molecule has 0 amide bonds. The predicted octanol–water partition coefficient (Wildman–Crippen LogP) is 3.21. The summed E-state index contributed by atoms with van der Waals surface area (Å²) in [7, 11) is 0. The first kappa shape index (κ1) is 11.1. The van der Waals surface area contributed by atoms with Crippen molar-refractivity contribution in [2.45, 2.75) is 0 Å². The summed E-state index contributed by atoms with van der Waals surface area (Å²) in [5, 5.41) is 17.7. The standard InChI is InChI=1S/C13H7F2NO/c14-11-6-8(4-5-12(11)17)10-3-1-2-9(7-16)13(10)15/h1-6,17H. The van der Waals surface area contributed by atoms with E-state index in [0.717, 1.165) is 12.1 Å². The van der Waals surface area contributed by atoms with Gasteiger partial charge in [-0.3, -0.25) is 0 Å². The van der Waals surface area contributed by atoms with Gasteiger partial charge in [0.15, 0.2) is 11.6 Å². The Labute approximate surface area is 96.4 Å². The minimum atomic E-state index is -0.829. The molecule has 2 aromatic carbocycles. The van der Waals surface area contributed by atoms with Gasteiger partial charge in [-0.05, 0) is 23.8 Å². The van der Waals surface area contributed by atoms with Crippen molar-refractivity contribution in [2.24, 2.45) is 0 Å². The van der Waals surface area contributed by atoms with Crippen molar-refractivity contribution in [1.82, 2.24) is 0 Å².